The largest absolute Gasteiger partial charge is 0.385 e. The Labute approximate surface area is 103 Å². The van der Waals surface area contributed by atoms with Crippen molar-refractivity contribution < 1.29 is 9.53 Å². The third kappa shape index (κ3) is 4.91. The number of rotatable bonds is 7. The van der Waals surface area contributed by atoms with Crippen LogP contribution in [0.25, 0.3) is 0 Å². The van der Waals surface area contributed by atoms with E-state index < -0.39 is 0 Å². The molecule has 1 heterocycles. The second-order valence-electron chi connectivity index (χ2n) is 2.95. The van der Waals surface area contributed by atoms with Crippen LogP contribution in [0.2, 0.25) is 0 Å². The van der Waals surface area contributed by atoms with Gasteiger partial charge in [-0.3, -0.25) is 4.79 Å². The average molecular weight is 261 g/mol. The van der Waals surface area contributed by atoms with Gasteiger partial charge in [0.25, 0.3) is 0 Å². The second-order valence-corrected chi connectivity index (χ2v) is 5.44. The van der Waals surface area contributed by atoms with E-state index in [4.69, 9.17) is 4.74 Å². The van der Waals surface area contributed by atoms with Crippen LogP contribution in [-0.2, 0) is 9.53 Å². The van der Waals surface area contributed by atoms with Crippen LogP contribution in [0.4, 0.5) is 5.13 Å². The van der Waals surface area contributed by atoms with Crippen molar-refractivity contribution >= 4 is 34.1 Å². The Kier molecular flexibility index (Phi) is 6.36. The summed E-state index contributed by atoms with van der Waals surface area (Å²) in [6.45, 7) is 2.65. The van der Waals surface area contributed by atoms with Gasteiger partial charge in [0.1, 0.15) is 0 Å². The van der Waals surface area contributed by atoms with Crippen molar-refractivity contribution in [1.82, 2.24) is 10.2 Å². The van der Waals surface area contributed by atoms with Gasteiger partial charge in [-0.25, -0.2) is 0 Å². The number of hydrogen-bond donors (Lipinski definition) is 1. The predicted molar refractivity (Wildman–Crippen MR) is 66.0 cm³/mol. The summed E-state index contributed by atoms with van der Waals surface area (Å²) in [5.74, 6) is 0.914. The summed E-state index contributed by atoms with van der Waals surface area (Å²) in [5.41, 5.74) is 0. The minimum atomic E-state index is -0.0405. The van der Waals surface area contributed by atoms with Gasteiger partial charge in [0.05, 0.1) is 0 Å². The normalized spacial score (nSPS) is 10.4. The fourth-order valence-corrected chi connectivity index (χ4v) is 2.67. The summed E-state index contributed by atoms with van der Waals surface area (Å²) in [5, 5.41) is 11.1. The van der Waals surface area contributed by atoms with Crippen LogP contribution in [-0.4, -0.2) is 35.6 Å². The second kappa shape index (κ2) is 7.59. The lowest BCUT2D eigenvalue weighted by Gasteiger charge is -1.99. The first-order valence-electron chi connectivity index (χ1n) is 5.01. The molecule has 0 spiro atoms. The first kappa shape index (κ1) is 13.4. The van der Waals surface area contributed by atoms with E-state index in [1.807, 2.05) is 0 Å². The number of ether oxygens (including phenoxy) is 1. The molecule has 0 bridgehead atoms. The molecule has 0 aromatic carbocycles. The molecule has 90 valence electrons. The number of thioether (sulfide) groups is 1. The van der Waals surface area contributed by atoms with Crippen LogP contribution in [0, 0.1) is 0 Å². The number of amides is 1. The number of anilines is 1. The quantitative estimate of drug-likeness (QED) is 0.462. The van der Waals surface area contributed by atoms with E-state index in [1.165, 1.54) is 11.3 Å². The van der Waals surface area contributed by atoms with Gasteiger partial charge >= 0.3 is 0 Å². The number of hydrogen-bond acceptors (Lipinski definition) is 6. The van der Waals surface area contributed by atoms with E-state index in [2.05, 4.69) is 22.4 Å². The van der Waals surface area contributed by atoms with Gasteiger partial charge in [0.15, 0.2) is 4.34 Å². The van der Waals surface area contributed by atoms with E-state index in [-0.39, 0.29) is 5.91 Å². The first-order valence-corrected chi connectivity index (χ1v) is 6.81. The van der Waals surface area contributed by atoms with Gasteiger partial charge in [-0.2, -0.15) is 0 Å². The molecule has 0 fully saturated rings. The van der Waals surface area contributed by atoms with Gasteiger partial charge in [-0.05, 0) is 12.2 Å². The molecule has 1 rings (SSSR count). The van der Waals surface area contributed by atoms with Gasteiger partial charge in [0, 0.05) is 20.1 Å². The summed E-state index contributed by atoms with van der Waals surface area (Å²) < 4.78 is 5.75. The van der Waals surface area contributed by atoms with Crippen LogP contribution in [0.5, 0.6) is 0 Å². The van der Waals surface area contributed by atoms with Gasteiger partial charge in [-0.1, -0.05) is 30.0 Å². The maximum atomic E-state index is 11.4. The summed E-state index contributed by atoms with van der Waals surface area (Å²) in [7, 11) is 1.62. The molecule has 0 atom stereocenters. The zero-order valence-electron chi connectivity index (χ0n) is 9.36. The fraction of sp³-hybridized carbons (Fsp3) is 0.667. The molecule has 1 aromatic heterocycles. The Balaban J connectivity index is 2.31. The van der Waals surface area contributed by atoms with E-state index in [0.29, 0.717) is 18.2 Å². The SMILES string of the molecule is CCSc1nnc(NC(=O)CCCOC)s1. The highest BCUT2D eigenvalue weighted by Gasteiger charge is 2.07. The molecular formula is C9H15N3O2S2. The monoisotopic (exact) mass is 261 g/mol. The summed E-state index contributed by atoms with van der Waals surface area (Å²) >= 11 is 3.02. The Bertz CT molecular complexity index is 330. The van der Waals surface area contributed by atoms with Crippen LogP contribution in [0.1, 0.15) is 19.8 Å². The number of aromatic nitrogens is 2. The molecule has 0 saturated heterocycles. The minimum Gasteiger partial charge on any atom is -0.385 e. The summed E-state index contributed by atoms with van der Waals surface area (Å²) in [4.78, 5) is 11.4. The highest BCUT2D eigenvalue weighted by Crippen LogP contribution is 2.24. The summed E-state index contributed by atoms with van der Waals surface area (Å²) in [6.07, 6.45) is 1.17. The molecule has 0 unspecified atom stereocenters. The molecule has 0 radical (unpaired) electrons. The van der Waals surface area contributed by atoms with Crippen LogP contribution in [0.15, 0.2) is 4.34 Å². The molecule has 0 aliphatic heterocycles. The molecule has 16 heavy (non-hydrogen) atoms. The smallest absolute Gasteiger partial charge is 0.226 e. The molecule has 1 amide bonds. The molecule has 0 aliphatic rings. The molecule has 0 aliphatic carbocycles. The highest BCUT2D eigenvalue weighted by molar-refractivity contribution is 8.01. The molecular weight excluding hydrogens is 246 g/mol. The van der Waals surface area contributed by atoms with Gasteiger partial charge < -0.3 is 10.1 Å². The van der Waals surface area contributed by atoms with E-state index in [0.717, 1.165) is 16.5 Å². The van der Waals surface area contributed by atoms with Crippen LogP contribution in [0.3, 0.4) is 0 Å². The summed E-state index contributed by atoms with van der Waals surface area (Å²) in [6, 6.07) is 0. The van der Waals surface area contributed by atoms with E-state index in [9.17, 15) is 4.79 Å². The maximum absolute atomic E-state index is 11.4. The van der Waals surface area contributed by atoms with Crippen molar-refractivity contribution in [2.45, 2.75) is 24.1 Å². The lowest BCUT2D eigenvalue weighted by molar-refractivity contribution is -0.116. The molecule has 1 N–H and O–H groups in total. The van der Waals surface area contributed by atoms with Gasteiger partial charge in [0.2, 0.25) is 11.0 Å². The topological polar surface area (TPSA) is 64.1 Å². The Morgan fingerprint density at radius 3 is 3.06 bits per heavy atom. The average Bonchev–Trinajstić information content (AvgIpc) is 2.66. The van der Waals surface area contributed by atoms with Gasteiger partial charge in [-0.15, -0.1) is 10.2 Å². The number of nitrogens with one attached hydrogen (secondary N) is 1. The first-order chi connectivity index (χ1) is 7.76. The van der Waals surface area contributed by atoms with Crippen LogP contribution < -0.4 is 5.32 Å². The van der Waals surface area contributed by atoms with Crippen molar-refractivity contribution in [2.24, 2.45) is 0 Å². The lowest BCUT2D eigenvalue weighted by Crippen LogP contribution is -2.11. The van der Waals surface area contributed by atoms with E-state index in [1.54, 1.807) is 18.9 Å². The molecule has 1 aromatic rings. The predicted octanol–water partition coefficient (Wildman–Crippen LogP) is 2.02. The number of carbonyl (C=O) groups excluding carboxylic acids is 1. The molecule has 0 saturated carbocycles. The minimum absolute atomic E-state index is 0.0405. The van der Waals surface area contributed by atoms with Crippen molar-refractivity contribution in [3.8, 4) is 0 Å². The molecule has 7 heteroatoms. The Morgan fingerprint density at radius 2 is 2.38 bits per heavy atom. The zero-order chi connectivity index (χ0) is 11.8. The third-order valence-electron chi connectivity index (χ3n) is 1.67. The Morgan fingerprint density at radius 1 is 1.56 bits per heavy atom. The number of nitrogens with zero attached hydrogens (tertiary/aromatic N) is 2. The van der Waals surface area contributed by atoms with Crippen molar-refractivity contribution in [3.63, 3.8) is 0 Å². The van der Waals surface area contributed by atoms with Crippen molar-refractivity contribution in [3.05, 3.63) is 0 Å². The van der Waals surface area contributed by atoms with Crippen molar-refractivity contribution in [1.29, 1.82) is 0 Å². The number of carbonyl (C=O) groups is 1. The lowest BCUT2D eigenvalue weighted by atomic mass is 10.3. The van der Waals surface area contributed by atoms with Crippen molar-refractivity contribution in [2.75, 3.05) is 24.8 Å². The fourth-order valence-electron chi connectivity index (χ4n) is 1.00. The number of methoxy groups -OCH3 is 1. The standard InChI is InChI=1S/C9H15N3O2S2/c1-3-15-9-12-11-8(16-9)10-7(13)5-4-6-14-2/h3-6H2,1-2H3,(H,10,11,13). The van der Waals surface area contributed by atoms with Crippen LogP contribution >= 0.6 is 23.1 Å². The van der Waals surface area contributed by atoms with E-state index >= 15 is 0 Å². The zero-order valence-corrected chi connectivity index (χ0v) is 11.0. The third-order valence-corrected chi connectivity index (χ3v) is 3.53. The highest BCUT2D eigenvalue weighted by atomic mass is 32.2. The maximum Gasteiger partial charge on any atom is 0.226 e. The Hall–Kier alpha value is -0.660. The molecule has 5 nitrogen and oxygen atoms in total.